The lowest BCUT2D eigenvalue weighted by Gasteiger charge is -2.08. The Morgan fingerprint density at radius 1 is 1.56 bits per heavy atom. The van der Waals surface area contributed by atoms with Crippen molar-refractivity contribution in [3.63, 3.8) is 0 Å². The Kier molecular flexibility index (Phi) is 3.75. The summed E-state index contributed by atoms with van der Waals surface area (Å²) in [6.45, 7) is -0.0000463. The maximum atomic E-state index is 11.5. The Balaban J connectivity index is 2.03. The lowest BCUT2D eigenvalue weighted by atomic mass is 10.3. The number of halogens is 1. The number of aromatic nitrogens is 1. The highest BCUT2D eigenvalue weighted by atomic mass is 79.9. The second kappa shape index (κ2) is 5.30. The van der Waals surface area contributed by atoms with Crippen LogP contribution in [-0.4, -0.2) is 28.4 Å². The van der Waals surface area contributed by atoms with Crippen LogP contribution < -0.4 is 10.6 Å². The van der Waals surface area contributed by atoms with Gasteiger partial charge in [0.15, 0.2) is 0 Å². The number of nitro groups is 1. The number of hydrogen-bond acceptors (Lipinski definition) is 5. The van der Waals surface area contributed by atoms with Gasteiger partial charge in [0.1, 0.15) is 11.9 Å². The van der Waals surface area contributed by atoms with Gasteiger partial charge in [-0.2, -0.15) is 0 Å². The third kappa shape index (κ3) is 3.16. The largest absolute Gasteiger partial charge is 0.370 e. The summed E-state index contributed by atoms with van der Waals surface area (Å²) in [5.74, 6) is -0.171. The van der Waals surface area contributed by atoms with Crippen molar-refractivity contribution in [2.75, 3.05) is 11.9 Å². The van der Waals surface area contributed by atoms with E-state index in [2.05, 4.69) is 31.5 Å². The summed E-state index contributed by atoms with van der Waals surface area (Å²) < 4.78 is 0.455. The summed E-state index contributed by atoms with van der Waals surface area (Å²) in [7, 11) is 0. The fourth-order valence-corrected chi connectivity index (χ4v) is 1.87. The Morgan fingerprint density at radius 2 is 2.28 bits per heavy atom. The number of anilines is 1. The van der Waals surface area contributed by atoms with Crippen LogP contribution in [0.3, 0.4) is 0 Å². The second-order valence-corrected chi connectivity index (χ2v) is 4.82. The third-order valence-electron chi connectivity index (χ3n) is 2.44. The Bertz CT molecular complexity index is 490. The molecule has 2 rings (SSSR count). The van der Waals surface area contributed by atoms with Crippen molar-refractivity contribution in [2.45, 2.75) is 18.9 Å². The summed E-state index contributed by atoms with van der Waals surface area (Å²) >= 11 is 3.17. The zero-order chi connectivity index (χ0) is 13.1. The lowest BCUT2D eigenvalue weighted by molar-refractivity contribution is -0.384. The highest BCUT2D eigenvalue weighted by Gasteiger charge is 2.24. The van der Waals surface area contributed by atoms with E-state index in [0.29, 0.717) is 4.47 Å². The van der Waals surface area contributed by atoms with Gasteiger partial charge in [0.2, 0.25) is 5.91 Å². The van der Waals surface area contributed by atoms with E-state index in [1.54, 1.807) is 0 Å². The maximum Gasteiger partial charge on any atom is 0.311 e. The summed E-state index contributed by atoms with van der Waals surface area (Å²) in [5.41, 5.74) is 0.101. The highest BCUT2D eigenvalue weighted by Crippen LogP contribution is 2.30. The predicted octanol–water partition coefficient (Wildman–Crippen LogP) is 1.44. The summed E-state index contributed by atoms with van der Waals surface area (Å²) in [5, 5.41) is 16.4. The molecule has 18 heavy (non-hydrogen) atoms. The lowest BCUT2D eigenvalue weighted by Crippen LogP contribution is -2.31. The number of rotatable bonds is 5. The van der Waals surface area contributed by atoms with E-state index in [1.807, 2.05) is 0 Å². The fraction of sp³-hybridized carbons (Fsp3) is 0.400. The van der Waals surface area contributed by atoms with E-state index < -0.39 is 4.92 Å². The van der Waals surface area contributed by atoms with Gasteiger partial charge in [-0.25, -0.2) is 0 Å². The van der Waals surface area contributed by atoms with E-state index in [-0.39, 0.29) is 29.9 Å². The van der Waals surface area contributed by atoms with Crippen LogP contribution in [0.2, 0.25) is 0 Å². The maximum absolute atomic E-state index is 11.5. The Labute approximate surface area is 111 Å². The van der Waals surface area contributed by atoms with Gasteiger partial charge in [-0.1, -0.05) is 0 Å². The van der Waals surface area contributed by atoms with Gasteiger partial charge in [0.25, 0.3) is 0 Å². The molecule has 0 bridgehead atoms. The number of carbonyl (C=O) groups is 1. The van der Waals surface area contributed by atoms with Crippen molar-refractivity contribution in [1.29, 1.82) is 0 Å². The molecule has 7 nitrogen and oxygen atoms in total. The quantitative estimate of drug-likeness (QED) is 0.633. The van der Waals surface area contributed by atoms with Crippen molar-refractivity contribution in [3.05, 3.63) is 27.0 Å². The minimum atomic E-state index is -0.543. The number of carbonyl (C=O) groups excluding carboxylic acids is 1. The van der Waals surface area contributed by atoms with Crippen molar-refractivity contribution in [3.8, 4) is 0 Å². The molecule has 0 aromatic carbocycles. The molecule has 0 spiro atoms. The van der Waals surface area contributed by atoms with Gasteiger partial charge in [-0.15, -0.1) is 0 Å². The van der Waals surface area contributed by atoms with Crippen LogP contribution in [0.1, 0.15) is 12.8 Å². The van der Waals surface area contributed by atoms with E-state index >= 15 is 0 Å². The molecule has 0 radical (unpaired) electrons. The van der Waals surface area contributed by atoms with Crippen LogP contribution >= 0.6 is 15.9 Å². The first kappa shape index (κ1) is 12.7. The monoisotopic (exact) mass is 314 g/mol. The van der Waals surface area contributed by atoms with E-state index in [9.17, 15) is 14.9 Å². The molecule has 1 heterocycles. The van der Waals surface area contributed by atoms with Crippen LogP contribution in [-0.2, 0) is 4.79 Å². The zero-order valence-corrected chi connectivity index (χ0v) is 10.9. The molecular weight excluding hydrogens is 304 g/mol. The molecule has 96 valence electrons. The number of hydrogen-bond donors (Lipinski definition) is 2. The molecule has 1 aromatic heterocycles. The van der Waals surface area contributed by atoms with Gasteiger partial charge in [0, 0.05) is 12.2 Å². The molecule has 0 aliphatic heterocycles. The van der Waals surface area contributed by atoms with Gasteiger partial charge in [0.05, 0.1) is 15.9 Å². The number of pyridine rings is 1. The number of nitrogens with zero attached hydrogens (tertiary/aromatic N) is 2. The van der Waals surface area contributed by atoms with Crippen molar-refractivity contribution in [1.82, 2.24) is 10.3 Å². The first-order valence-corrected chi connectivity index (χ1v) is 6.18. The summed E-state index contributed by atoms with van der Waals surface area (Å²) in [6.07, 6.45) is 4.59. The first-order chi connectivity index (χ1) is 8.58. The molecule has 1 amide bonds. The van der Waals surface area contributed by atoms with Crippen molar-refractivity contribution in [2.24, 2.45) is 0 Å². The predicted molar refractivity (Wildman–Crippen MR) is 68.2 cm³/mol. The molecule has 1 saturated carbocycles. The average Bonchev–Trinajstić information content (AvgIpc) is 3.10. The Morgan fingerprint density at radius 3 is 2.89 bits per heavy atom. The summed E-state index contributed by atoms with van der Waals surface area (Å²) in [4.78, 5) is 25.5. The van der Waals surface area contributed by atoms with Gasteiger partial charge in [-0.3, -0.25) is 19.9 Å². The minimum absolute atomic E-state index is 0.0000463. The molecule has 1 fully saturated rings. The van der Waals surface area contributed by atoms with Crippen LogP contribution in [0.15, 0.2) is 16.9 Å². The number of amides is 1. The molecule has 0 saturated heterocycles. The van der Waals surface area contributed by atoms with Crippen LogP contribution in [0.25, 0.3) is 0 Å². The van der Waals surface area contributed by atoms with Gasteiger partial charge >= 0.3 is 5.69 Å². The average molecular weight is 315 g/mol. The van der Waals surface area contributed by atoms with Crippen LogP contribution in [0, 0.1) is 10.1 Å². The van der Waals surface area contributed by atoms with Gasteiger partial charge < -0.3 is 10.6 Å². The molecular formula is C10H11BrN4O3. The molecule has 2 N–H and O–H groups in total. The fourth-order valence-electron chi connectivity index (χ4n) is 1.41. The molecule has 1 aromatic rings. The molecule has 1 aliphatic rings. The Hall–Kier alpha value is -1.70. The molecule has 0 unspecified atom stereocenters. The molecule has 8 heteroatoms. The number of nitrogens with one attached hydrogen (secondary N) is 2. The topological polar surface area (TPSA) is 97.2 Å². The molecule has 0 atom stereocenters. The van der Waals surface area contributed by atoms with Crippen molar-refractivity contribution < 1.29 is 9.72 Å². The minimum Gasteiger partial charge on any atom is -0.370 e. The third-order valence-corrected chi connectivity index (χ3v) is 3.05. The molecule has 1 aliphatic carbocycles. The second-order valence-electron chi connectivity index (χ2n) is 3.97. The first-order valence-electron chi connectivity index (χ1n) is 5.39. The van der Waals surface area contributed by atoms with E-state index in [1.165, 1.54) is 6.20 Å². The van der Waals surface area contributed by atoms with E-state index in [4.69, 9.17) is 0 Å². The van der Waals surface area contributed by atoms with Gasteiger partial charge in [-0.05, 0) is 28.8 Å². The van der Waals surface area contributed by atoms with Crippen LogP contribution in [0.4, 0.5) is 11.4 Å². The normalized spacial score (nSPS) is 14.1. The standard InChI is InChI=1S/C10H11BrN4O3/c11-7-3-12-4-8(15(17)18)10(7)13-5-9(16)14-6-1-2-6/h3-4,6H,1-2,5H2,(H,12,13)(H,14,16). The SMILES string of the molecule is O=C(CNc1c(Br)cncc1[N+](=O)[O-])NC1CC1. The van der Waals surface area contributed by atoms with E-state index in [0.717, 1.165) is 19.0 Å². The highest BCUT2D eigenvalue weighted by molar-refractivity contribution is 9.10. The summed E-state index contributed by atoms with van der Waals surface area (Å²) in [6, 6.07) is 0.273. The van der Waals surface area contributed by atoms with Crippen molar-refractivity contribution >= 4 is 33.2 Å². The smallest absolute Gasteiger partial charge is 0.311 e. The zero-order valence-electron chi connectivity index (χ0n) is 9.35. The van der Waals surface area contributed by atoms with Crippen LogP contribution in [0.5, 0.6) is 0 Å².